The fourth-order valence-corrected chi connectivity index (χ4v) is 3.09. The fourth-order valence-electron chi connectivity index (χ4n) is 1.84. The highest BCUT2D eigenvalue weighted by Crippen LogP contribution is 2.27. The van der Waals surface area contributed by atoms with Crippen LogP contribution in [0.5, 0.6) is 0 Å². The molecule has 0 amide bonds. The lowest BCUT2D eigenvalue weighted by atomic mass is 9.97. The third-order valence-corrected chi connectivity index (χ3v) is 4.96. The Morgan fingerprint density at radius 3 is 2.21 bits per heavy atom. The van der Waals surface area contributed by atoms with E-state index in [1.807, 2.05) is 44.2 Å². The number of halogens is 3. The molecule has 0 N–H and O–H groups in total. The van der Waals surface area contributed by atoms with Crippen molar-refractivity contribution in [3.8, 4) is 0 Å². The highest BCUT2D eigenvalue weighted by atomic mass is 79.9. The molecule has 0 aromatic heterocycles. The molecule has 0 aliphatic rings. The average molecular weight is 447 g/mol. The Labute approximate surface area is 137 Å². The number of carbonyl (C=O) groups excluding carboxylic acids is 1. The van der Waals surface area contributed by atoms with Gasteiger partial charge in [-0.1, -0.05) is 47.8 Å². The molecule has 0 aliphatic carbocycles. The van der Waals surface area contributed by atoms with Crippen molar-refractivity contribution in [3.05, 3.63) is 66.0 Å². The average Bonchev–Trinajstić information content (AvgIpc) is 2.36. The minimum absolute atomic E-state index is 0.0290. The molecule has 0 heterocycles. The van der Waals surface area contributed by atoms with Crippen LogP contribution in [-0.2, 0) is 0 Å². The molecule has 4 heteroatoms. The second-order valence-corrected chi connectivity index (χ2v) is 6.99. The minimum Gasteiger partial charge on any atom is -0.289 e. The number of benzene rings is 2. The molecule has 0 aliphatic heterocycles. The molecule has 0 saturated heterocycles. The molecule has 2 aromatic carbocycles. The first-order valence-corrected chi connectivity index (χ1v) is 8.04. The zero-order valence-electron chi connectivity index (χ0n) is 10.4. The quantitative estimate of drug-likeness (QED) is 0.531. The molecule has 0 fully saturated rings. The molecule has 2 rings (SSSR count). The van der Waals surface area contributed by atoms with Crippen LogP contribution in [-0.4, -0.2) is 5.78 Å². The Morgan fingerprint density at radius 2 is 1.53 bits per heavy atom. The Kier molecular flexibility index (Phi) is 4.64. The van der Waals surface area contributed by atoms with Gasteiger partial charge in [-0.05, 0) is 55.3 Å². The Bertz CT molecular complexity index is 663. The molecule has 0 unspecified atom stereocenters. The first-order chi connectivity index (χ1) is 8.90. The van der Waals surface area contributed by atoms with Gasteiger partial charge in [0.1, 0.15) is 0 Å². The number of aryl methyl sites for hydroxylation is 2. The summed E-state index contributed by atoms with van der Waals surface area (Å²) >= 11 is 10.3. The summed E-state index contributed by atoms with van der Waals surface area (Å²) in [6.45, 7) is 3.93. The van der Waals surface area contributed by atoms with Crippen molar-refractivity contribution in [3.63, 3.8) is 0 Å². The van der Waals surface area contributed by atoms with Crippen LogP contribution < -0.4 is 0 Å². The Hall–Kier alpha value is -0.450. The van der Waals surface area contributed by atoms with E-state index in [0.29, 0.717) is 5.56 Å². The van der Waals surface area contributed by atoms with Crippen LogP contribution in [0.4, 0.5) is 0 Å². The highest BCUT2D eigenvalue weighted by molar-refractivity contribution is 9.11. The van der Waals surface area contributed by atoms with Crippen molar-refractivity contribution in [2.75, 3.05) is 0 Å². The van der Waals surface area contributed by atoms with Crippen LogP contribution in [0.15, 0.2) is 43.7 Å². The van der Waals surface area contributed by atoms with Crippen molar-refractivity contribution < 1.29 is 4.79 Å². The summed E-state index contributed by atoms with van der Waals surface area (Å²) in [6.07, 6.45) is 0. The van der Waals surface area contributed by atoms with Crippen LogP contribution in [0.25, 0.3) is 0 Å². The maximum atomic E-state index is 12.6. The van der Waals surface area contributed by atoms with Gasteiger partial charge in [-0.25, -0.2) is 0 Å². The van der Waals surface area contributed by atoms with Gasteiger partial charge in [0.2, 0.25) is 0 Å². The van der Waals surface area contributed by atoms with E-state index in [1.165, 1.54) is 0 Å². The van der Waals surface area contributed by atoms with Gasteiger partial charge in [0.15, 0.2) is 5.78 Å². The molecule has 0 spiro atoms. The lowest BCUT2D eigenvalue weighted by Gasteiger charge is -2.10. The zero-order chi connectivity index (χ0) is 14.2. The van der Waals surface area contributed by atoms with Gasteiger partial charge < -0.3 is 0 Å². The first-order valence-electron chi connectivity index (χ1n) is 5.66. The smallest absolute Gasteiger partial charge is 0.194 e. The largest absolute Gasteiger partial charge is 0.289 e. The van der Waals surface area contributed by atoms with E-state index in [-0.39, 0.29) is 5.78 Å². The second-order valence-electron chi connectivity index (χ2n) is 4.37. The monoisotopic (exact) mass is 444 g/mol. The van der Waals surface area contributed by atoms with Crippen molar-refractivity contribution in [2.24, 2.45) is 0 Å². The Balaban J connectivity index is 2.56. The third-order valence-electron chi connectivity index (χ3n) is 2.92. The van der Waals surface area contributed by atoms with Crippen molar-refractivity contribution in [1.29, 1.82) is 0 Å². The normalized spacial score (nSPS) is 10.6. The molecule has 98 valence electrons. The van der Waals surface area contributed by atoms with Gasteiger partial charge in [-0.3, -0.25) is 4.79 Å². The number of hydrogen-bond acceptors (Lipinski definition) is 1. The van der Waals surface area contributed by atoms with Crippen LogP contribution in [0.1, 0.15) is 27.0 Å². The summed E-state index contributed by atoms with van der Waals surface area (Å²) in [7, 11) is 0. The van der Waals surface area contributed by atoms with Crippen LogP contribution in [0.3, 0.4) is 0 Å². The summed E-state index contributed by atoms with van der Waals surface area (Å²) in [6, 6.07) is 9.52. The van der Waals surface area contributed by atoms with Crippen LogP contribution >= 0.6 is 47.8 Å². The SMILES string of the molecule is Cc1cc(C(=O)c2cc(Br)ccc2Br)c(C)cc1Br. The number of rotatable bonds is 2. The highest BCUT2D eigenvalue weighted by Gasteiger charge is 2.16. The summed E-state index contributed by atoms with van der Waals surface area (Å²) in [5.41, 5.74) is 3.42. The molecule has 0 atom stereocenters. The standard InChI is InChI=1S/C15H11Br3O/c1-8-6-14(18)9(2)5-11(8)15(19)12-7-10(16)3-4-13(12)17/h3-7H,1-2H3. The first kappa shape index (κ1) is 14.9. The zero-order valence-corrected chi connectivity index (χ0v) is 15.2. The van der Waals surface area contributed by atoms with E-state index in [0.717, 1.165) is 30.1 Å². The molecule has 0 saturated carbocycles. The third kappa shape index (κ3) is 3.18. The Morgan fingerprint density at radius 1 is 0.842 bits per heavy atom. The maximum absolute atomic E-state index is 12.6. The molecular weight excluding hydrogens is 436 g/mol. The second kappa shape index (κ2) is 5.90. The molecule has 1 nitrogen and oxygen atoms in total. The van der Waals surface area contributed by atoms with E-state index >= 15 is 0 Å². The summed E-state index contributed by atoms with van der Waals surface area (Å²) in [5.74, 6) is 0.0290. The number of hydrogen-bond donors (Lipinski definition) is 0. The van der Waals surface area contributed by atoms with E-state index in [1.54, 1.807) is 0 Å². The van der Waals surface area contributed by atoms with Gasteiger partial charge >= 0.3 is 0 Å². The van der Waals surface area contributed by atoms with E-state index in [4.69, 9.17) is 0 Å². The van der Waals surface area contributed by atoms with Gasteiger partial charge in [-0.15, -0.1) is 0 Å². The van der Waals surface area contributed by atoms with Gasteiger partial charge in [0.05, 0.1) is 0 Å². The maximum Gasteiger partial charge on any atom is 0.194 e. The molecule has 0 bridgehead atoms. The molecular formula is C15H11Br3O. The van der Waals surface area contributed by atoms with Gasteiger partial charge in [-0.2, -0.15) is 0 Å². The topological polar surface area (TPSA) is 17.1 Å². The van der Waals surface area contributed by atoms with Gasteiger partial charge in [0, 0.05) is 24.5 Å². The molecule has 0 radical (unpaired) electrons. The number of ketones is 1. The lowest BCUT2D eigenvalue weighted by Crippen LogP contribution is -2.05. The van der Waals surface area contributed by atoms with Crippen molar-refractivity contribution >= 4 is 53.6 Å². The summed E-state index contributed by atoms with van der Waals surface area (Å²) in [5, 5.41) is 0. The molecule has 19 heavy (non-hydrogen) atoms. The van der Waals surface area contributed by atoms with Crippen LogP contribution in [0, 0.1) is 13.8 Å². The predicted octanol–water partition coefficient (Wildman–Crippen LogP) is 5.82. The molecule has 2 aromatic rings. The van der Waals surface area contributed by atoms with E-state index in [9.17, 15) is 4.79 Å². The van der Waals surface area contributed by atoms with Gasteiger partial charge in [0.25, 0.3) is 0 Å². The number of carbonyl (C=O) groups is 1. The van der Waals surface area contributed by atoms with E-state index < -0.39 is 0 Å². The minimum atomic E-state index is 0.0290. The lowest BCUT2D eigenvalue weighted by molar-refractivity contribution is 0.103. The van der Waals surface area contributed by atoms with Crippen LogP contribution in [0.2, 0.25) is 0 Å². The van der Waals surface area contributed by atoms with Crippen molar-refractivity contribution in [1.82, 2.24) is 0 Å². The van der Waals surface area contributed by atoms with E-state index in [2.05, 4.69) is 47.8 Å². The fraction of sp³-hybridized carbons (Fsp3) is 0.133. The summed E-state index contributed by atoms with van der Waals surface area (Å²) < 4.78 is 2.72. The summed E-state index contributed by atoms with van der Waals surface area (Å²) in [4.78, 5) is 12.6. The predicted molar refractivity (Wildman–Crippen MR) is 88.9 cm³/mol. The van der Waals surface area contributed by atoms with Crippen molar-refractivity contribution in [2.45, 2.75) is 13.8 Å².